The summed E-state index contributed by atoms with van der Waals surface area (Å²) in [4.78, 5) is 11.5. The monoisotopic (exact) mass is 190 g/mol. The van der Waals surface area contributed by atoms with Gasteiger partial charge in [-0.3, -0.25) is 4.79 Å². The number of ether oxygens (including phenoxy) is 1. The molecule has 0 radical (unpaired) electrons. The van der Waals surface area contributed by atoms with Crippen molar-refractivity contribution in [2.75, 3.05) is 7.11 Å². The molecule has 0 heterocycles. The maximum absolute atomic E-state index is 11.5. The molecule has 0 aliphatic heterocycles. The summed E-state index contributed by atoms with van der Waals surface area (Å²) in [6, 6.07) is 1.95. The highest BCUT2D eigenvalue weighted by atomic mass is 16.5. The number of carbonyl (C=O) groups is 1. The maximum atomic E-state index is 11.5. The predicted octanol–water partition coefficient (Wildman–Crippen LogP) is 2.44. The van der Waals surface area contributed by atoms with Crippen LogP contribution in [0.3, 0.4) is 0 Å². The third kappa shape index (κ3) is 1.14. The molecule has 0 saturated carbocycles. The van der Waals surface area contributed by atoms with Gasteiger partial charge < -0.3 is 4.74 Å². The third-order valence-electron chi connectivity index (χ3n) is 2.94. The lowest BCUT2D eigenvalue weighted by molar-refractivity contribution is 0.0994. The van der Waals surface area contributed by atoms with Gasteiger partial charge in [-0.05, 0) is 43.0 Å². The predicted molar refractivity (Wildman–Crippen MR) is 55.1 cm³/mol. The summed E-state index contributed by atoms with van der Waals surface area (Å²) in [5, 5.41) is 0. The number of fused-ring (bicyclic) bond motifs is 1. The Labute approximate surface area is 83.9 Å². The van der Waals surface area contributed by atoms with Gasteiger partial charge in [-0.25, -0.2) is 0 Å². The van der Waals surface area contributed by atoms with Crippen LogP contribution in [0.1, 0.15) is 33.5 Å². The van der Waals surface area contributed by atoms with Crippen LogP contribution in [0.4, 0.5) is 0 Å². The first kappa shape index (κ1) is 9.25. The molecule has 2 rings (SSSR count). The molecule has 2 nitrogen and oxygen atoms in total. The van der Waals surface area contributed by atoms with Crippen molar-refractivity contribution in [2.45, 2.75) is 26.7 Å². The van der Waals surface area contributed by atoms with Crippen LogP contribution in [0.15, 0.2) is 6.07 Å². The van der Waals surface area contributed by atoms with Crippen molar-refractivity contribution in [1.82, 2.24) is 0 Å². The van der Waals surface area contributed by atoms with Gasteiger partial charge in [0.1, 0.15) is 5.75 Å². The number of methoxy groups -OCH3 is 1. The lowest BCUT2D eigenvalue weighted by Gasteiger charge is -2.12. The average molecular weight is 190 g/mol. The van der Waals surface area contributed by atoms with Crippen molar-refractivity contribution >= 4 is 5.78 Å². The highest BCUT2D eigenvalue weighted by Gasteiger charge is 2.23. The van der Waals surface area contributed by atoms with Crippen LogP contribution in [-0.4, -0.2) is 12.9 Å². The highest BCUT2D eigenvalue weighted by Crippen LogP contribution is 2.33. The van der Waals surface area contributed by atoms with Gasteiger partial charge in [0.2, 0.25) is 0 Å². The molecule has 74 valence electrons. The maximum Gasteiger partial charge on any atom is 0.163 e. The van der Waals surface area contributed by atoms with E-state index in [0.29, 0.717) is 6.42 Å². The zero-order valence-electron chi connectivity index (χ0n) is 8.81. The standard InChI is InChI=1S/C12H14O2/c1-7-6-10-9(4-5-11(10)13)8(2)12(7)14-3/h6H,4-5H2,1-3H3. The van der Waals surface area contributed by atoms with Crippen LogP contribution in [0.5, 0.6) is 5.75 Å². The van der Waals surface area contributed by atoms with Gasteiger partial charge in [0, 0.05) is 12.0 Å². The van der Waals surface area contributed by atoms with Crippen LogP contribution >= 0.6 is 0 Å². The molecule has 1 aromatic carbocycles. The van der Waals surface area contributed by atoms with Crippen LogP contribution in [0.25, 0.3) is 0 Å². The zero-order chi connectivity index (χ0) is 10.3. The molecule has 0 atom stereocenters. The first-order valence-electron chi connectivity index (χ1n) is 4.85. The van der Waals surface area contributed by atoms with E-state index in [1.54, 1.807) is 7.11 Å². The van der Waals surface area contributed by atoms with E-state index in [-0.39, 0.29) is 5.78 Å². The van der Waals surface area contributed by atoms with Crippen LogP contribution in [0, 0.1) is 13.8 Å². The summed E-state index contributed by atoms with van der Waals surface area (Å²) in [6.45, 7) is 4.01. The minimum atomic E-state index is 0.272. The van der Waals surface area contributed by atoms with Crippen molar-refractivity contribution in [3.05, 3.63) is 28.3 Å². The second kappa shape index (κ2) is 3.12. The molecule has 0 aromatic heterocycles. The lowest BCUT2D eigenvalue weighted by atomic mass is 9.99. The summed E-state index contributed by atoms with van der Waals surface area (Å²) in [5.41, 5.74) is 4.27. The van der Waals surface area contributed by atoms with E-state index in [2.05, 4.69) is 0 Å². The smallest absolute Gasteiger partial charge is 0.163 e. The fraction of sp³-hybridized carbons (Fsp3) is 0.417. The second-order valence-corrected chi connectivity index (χ2v) is 3.80. The second-order valence-electron chi connectivity index (χ2n) is 3.80. The zero-order valence-corrected chi connectivity index (χ0v) is 8.81. The quantitative estimate of drug-likeness (QED) is 0.680. The molecule has 0 amide bonds. The summed E-state index contributed by atoms with van der Waals surface area (Å²) in [7, 11) is 1.68. The largest absolute Gasteiger partial charge is 0.496 e. The Morgan fingerprint density at radius 2 is 2.00 bits per heavy atom. The molecular formula is C12H14O2. The molecule has 1 aliphatic rings. The van der Waals surface area contributed by atoms with Gasteiger partial charge in [-0.15, -0.1) is 0 Å². The van der Waals surface area contributed by atoms with Crippen molar-refractivity contribution < 1.29 is 9.53 Å². The minimum Gasteiger partial charge on any atom is -0.496 e. The van der Waals surface area contributed by atoms with Gasteiger partial charge in [0.05, 0.1) is 7.11 Å². The first-order chi connectivity index (χ1) is 6.65. The number of aryl methyl sites for hydroxylation is 1. The van der Waals surface area contributed by atoms with E-state index in [1.807, 2.05) is 19.9 Å². The Bertz CT molecular complexity index is 405. The molecule has 0 fully saturated rings. The normalized spacial score (nSPS) is 14.4. The van der Waals surface area contributed by atoms with Gasteiger partial charge in [-0.1, -0.05) is 0 Å². The van der Waals surface area contributed by atoms with Crippen molar-refractivity contribution in [2.24, 2.45) is 0 Å². The van der Waals surface area contributed by atoms with Crippen molar-refractivity contribution in [1.29, 1.82) is 0 Å². The lowest BCUT2D eigenvalue weighted by Crippen LogP contribution is -1.98. The van der Waals surface area contributed by atoms with E-state index in [1.165, 1.54) is 5.56 Å². The SMILES string of the molecule is COc1c(C)cc2c(c1C)CCC2=O. The summed E-state index contributed by atoms with van der Waals surface area (Å²) in [5.74, 6) is 1.20. The number of benzene rings is 1. The first-order valence-corrected chi connectivity index (χ1v) is 4.85. The molecule has 14 heavy (non-hydrogen) atoms. The van der Waals surface area contributed by atoms with E-state index >= 15 is 0 Å². The number of rotatable bonds is 1. The molecule has 0 N–H and O–H groups in total. The Hall–Kier alpha value is -1.31. The fourth-order valence-electron chi connectivity index (χ4n) is 2.26. The third-order valence-corrected chi connectivity index (χ3v) is 2.94. The minimum absolute atomic E-state index is 0.272. The Balaban J connectivity index is 2.68. The molecule has 1 aromatic rings. The van der Waals surface area contributed by atoms with Crippen molar-refractivity contribution in [3.63, 3.8) is 0 Å². The number of ketones is 1. The highest BCUT2D eigenvalue weighted by molar-refractivity contribution is 6.01. The number of hydrogen-bond acceptors (Lipinski definition) is 2. The van der Waals surface area contributed by atoms with Gasteiger partial charge in [0.25, 0.3) is 0 Å². The van der Waals surface area contributed by atoms with Crippen molar-refractivity contribution in [3.8, 4) is 5.75 Å². The molecular weight excluding hydrogens is 176 g/mol. The van der Waals surface area contributed by atoms with Gasteiger partial charge in [-0.2, -0.15) is 0 Å². The average Bonchev–Trinajstić information content (AvgIpc) is 2.49. The molecule has 0 saturated heterocycles. The summed E-state index contributed by atoms with van der Waals surface area (Å²) in [6.07, 6.45) is 1.53. The number of Topliss-reactive ketones (excluding diaryl/α,β-unsaturated/α-hetero) is 1. The van der Waals surface area contributed by atoms with E-state index in [4.69, 9.17) is 4.74 Å². The van der Waals surface area contributed by atoms with Gasteiger partial charge >= 0.3 is 0 Å². The Morgan fingerprint density at radius 1 is 1.29 bits per heavy atom. The molecule has 0 spiro atoms. The number of hydrogen-bond donors (Lipinski definition) is 0. The summed E-state index contributed by atoms with van der Waals surface area (Å²) >= 11 is 0. The molecule has 2 heteroatoms. The van der Waals surface area contributed by atoms with Crippen LogP contribution in [-0.2, 0) is 6.42 Å². The van der Waals surface area contributed by atoms with Crippen LogP contribution < -0.4 is 4.74 Å². The van der Waals surface area contributed by atoms with E-state index in [0.717, 1.165) is 28.9 Å². The van der Waals surface area contributed by atoms with Crippen LogP contribution in [0.2, 0.25) is 0 Å². The van der Waals surface area contributed by atoms with E-state index in [9.17, 15) is 4.79 Å². The van der Waals surface area contributed by atoms with Gasteiger partial charge in [0.15, 0.2) is 5.78 Å². The number of carbonyl (C=O) groups excluding carboxylic acids is 1. The van der Waals surface area contributed by atoms with E-state index < -0.39 is 0 Å². The molecule has 1 aliphatic carbocycles. The Kier molecular flexibility index (Phi) is 2.06. The fourth-order valence-corrected chi connectivity index (χ4v) is 2.26. The molecule has 0 bridgehead atoms. The molecule has 0 unspecified atom stereocenters. The topological polar surface area (TPSA) is 26.3 Å². The Morgan fingerprint density at radius 3 is 2.64 bits per heavy atom. The summed E-state index contributed by atoms with van der Waals surface area (Å²) < 4.78 is 5.32.